The van der Waals surface area contributed by atoms with Crippen LogP contribution in [0.2, 0.25) is 0 Å². The number of hydrogen-bond acceptors (Lipinski definition) is 8. The summed E-state index contributed by atoms with van der Waals surface area (Å²) in [4.78, 5) is 26.2. The van der Waals surface area contributed by atoms with Gasteiger partial charge in [0.25, 0.3) is 0 Å². The highest BCUT2D eigenvalue weighted by atomic mass is 19.1. The molecule has 0 radical (unpaired) electrons. The fourth-order valence-electron chi connectivity index (χ4n) is 3.59. The molecule has 1 aliphatic rings. The first-order valence-electron chi connectivity index (χ1n) is 9.54. The zero-order chi connectivity index (χ0) is 21.3. The second-order valence-corrected chi connectivity index (χ2v) is 7.02. The number of carboxylic acid groups (broad SMARTS) is 1. The Morgan fingerprint density at radius 1 is 1.27 bits per heavy atom. The molecule has 0 aliphatic carbocycles. The average molecular weight is 414 g/mol. The van der Waals surface area contributed by atoms with Gasteiger partial charge in [-0.05, 0) is 42.2 Å². The molecule has 0 unspecified atom stereocenters. The van der Waals surface area contributed by atoms with E-state index in [4.69, 9.17) is 9.63 Å². The summed E-state index contributed by atoms with van der Waals surface area (Å²) in [6.07, 6.45) is 0.523. The lowest BCUT2D eigenvalue weighted by Crippen LogP contribution is -2.36. The van der Waals surface area contributed by atoms with Gasteiger partial charge >= 0.3 is 6.09 Å². The highest BCUT2D eigenvalue weighted by Crippen LogP contribution is 2.28. The summed E-state index contributed by atoms with van der Waals surface area (Å²) in [5.41, 5.74) is 1.32. The van der Waals surface area contributed by atoms with E-state index in [-0.39, 0.29) is 23.3 Å². The summed E-state index contributed by atoms with van der Waals surface area (Å²) in [6, 6.07) is 5.98. The highest BCUT2D eigenvalue weighted by molar-refractivity contribution is 5.99. The van der Waals surface area contributed by atoms with Crippen LogP contribution >= 0.6 is 0 Å². The Labute approximate surface area is 170 Å². The molecule has 10 nitrogen and oxygen atoms in total. The van der Waals surface area contributed by atoms with Crippen LogP contribution in [-0.4, -0.2) is 55.4 Å². The number of rotatable bonds is 5. The lowest BCUT2D eigenvalue weighted by atomic mass is 9.86. The van der Waals surface area contributed by atoms with Crippen molar-refractivity contribution >= 4 is 17.7 Å². The molecule has 1 aromatic carbocycles. The fourth-order valence-corrected chi connectivity index (χ4v) is 3.59. The van der Waals surface area contributed by atoms with Gasteiger partial charge in [0, 0.05) is 30.6 Å². The van der Waals surface area contributed by atoms with Gasteiger partial charge in [0.1, 0.15) is 5.82 Å². The van der Waals surface area contributed by atoms with E-state index in [0.717, 1.165) is 5.56 Å². The molecule has 3 aromatic rings. The fraction of sp³-hybridized carbons (Fsp3) is 0.368. The Kier molecular flexibility index (Phi) is 5.25. The van der Waals surface area contributed by atoms with Crippen LogP contribution in [0.1, 0.15) is 35.7 Å². The predicted molar refractivity (Wildman–Crippen MR) is 102 cm³/mol. The third-order valence-corrected chi connectivity index (χ3v) is 5.21. The molecule has 0 atom stereocenters. The number of ketones is 1. The molecule has 0 spiro atoms. The lowest BCUT2D eigenvalue weighted by molar-refractivity contribution is 0.0899. The molecule has 4 rings (SSSR count). The maximum Gasteiger partial charge on any atom is 0.451 e. The van der Waals surface area contributed by atoms with E-state index in [9.17, 15) is 14.0 Å². The normalized spacial score (nSPS) is 14.8. The molecule has 1 fully saturated rings. The molecule has 11 heteroatoms. The van der Waals surface area contributed by atoms with Crippen molar-refractivity contribution in [2.45, 2.75) is 26.2 Å². The maximum atomic E-state index is 13.7. The summed E-state index contributed by atoms with van der Waals surface area (Å²) < 4.78 is 18.9. The standard InChI is InChI=1S/C19H19FN6O4/c1-2-11-3-4-13(20)9-14(11)17(27)12-5-7-25(8-6-12)16-10-15(30-23-16)18-21-24-26(22-18)19(28)29/h3-4,9-10,12H,2,5-8H2,1H3,(H,28,29). The van der Waals surface area contributed by atoms with Crippen LogP contribution in [0.15, 0.2) is 28.8 Å². The van der Waals surface area contributed by atoms with Crippen LogP contribution in [-0.2, 0) is 6.42 Å². The second kappa shape index (κ2) is 8.01. The minimum Gasteiger partial charge on any atom is -0.462 e. The quantitative estimate of drug-likeness (QED) is 0.627. The van der Waals surface area contributed by atoms with Crippen molar-refractivity contribution < 1.29 is 23.6 Å². The van der Waals surface area contributed by atoms with Crippen LogP contribution in [0.3, 0.4) is 0 Å². The zero-order valence-corrected chi connectivity index (χ0v) is 16.2. The van der Waals surface area contributed by atoms with Gasteiger partial charge < -0.3 is 14.5 Å². The van der Waals surface area contributed by atoms with Gasteiger partial charge in [-0.3, -0.25) is 4.79 Å². The Balaban J connectivity index is 1.42. The van der Waals surface area contributed by atoms with Crippen molar-refractivity contribution in [2.24, 2.45) is 5.92 Å². The van der Waals surface area contributed by atoms with E-state index < -0.39 is 11.9 Å². The summed E-state index contributed by atoms with van der Waals surface area (Å²) >= 11 is 0. The monoisotopic (exact) mass is 414 g/mol. The van der Waals surface area contributed by atoms with E-state index in [1.807, 2.05) is 11.8 Å². The Morgan fingerprint density at radius 2 is 2.03 bits per heavy atom. The number of hydrogen-bond donors (Lipinski definition) is 1. The van der Waals surface area contributed by atoms with Crippen LogP contribution < -0.4 is 4.90 Å². The van der Waals surface area contributed by atoms with Gasteiger partial charge in [-0.15, -0.1) is 10.2 Å². The van der Waals surface area contributed by atoms with Crippen LogP contribution in [0, 0.1) is 11.7 Å². The first-order valence-corrected chi connectivity index (χ1v) is 9.54. The summed E-state index contributed by atoms with van der Waals surface area (Å²) in [7, 11) is 0. The topological polar surface area (TPSA) is 127 Å². The van der Waals surface area contributed by atoms with Gasteiger partial charge in [0.2, 0.25) is 11.6 Å². The molecule has 0 amide bonds. The maximum absolute atomic E-state index is 13.7. The van der Waals surface area contributed by atoms with E-state index in [1.165, 1.54) is 12.1 Å². The minimum absolute atomic E-state index is 0.0133. The molecule has 0 bridgehead atoms. The van der Waals surface area contributed by atoms with Crippen molar-refractivity contribution in [1.29, 1.82) is 0 Å². The number of halogens is 1. The van der Waals surface area contributed by atoms with Crippen molar-refractivity contribution in [3.05, 3.63) is 41.2 Å². The number of aromatic nitrogens is 5. The van der Waals surface area contributed by atoms with E-state index in [2.05, 4.69) is 20.6 Å². The van der Waals surface area contributed by atoms with Gasteiger partial charge in [-0.2, -0.15) is 0 Å². The van der Waals surface area contributed by atoms with Crippen molar-refractivity contribution in [1.82, 2.24) is 25.4 Å². The number of nitrogens with zero attached hydrogens (tertiary/aromatic N) is 6. The molecular weight excluding hydrogens is 395 g/mol. The number of tetrazole rings is 1. The largest absolute Gasteiger partial charge is 0.462 e. The first-order chi connectivity index (χ1) is 14.5. The molecular formula is C19H19FN6O4. The minimum atomic E-state index is -1.36. The van der Waals surface area contributed by atoms with Gasteiger partial charge in [0.15, 0.2) is 11.6 Å². The zero-order valence-electron chi connectivity index (χ0n) is 16.2. The van der Waals surface area contributed by atoms with E-state index in [0.29, 0.717) is 48.5 Å². The molecule has 30 heavy (non-hydrogen) atoms. The predicted octanol–water partition coefficient (Wildman–Crippen LogP) is 2.66. The summed E-state index contributed by atoms with van der Waals surface area (Å²) in [5.74, 6) is 0.139. The number of benzene rings is 1. The van der Waals surface area contributed by atoms with Crippen LogP contribution in [0.4, 0.5) is 15.0 Å². The number of carbonyl (C=O) groups is 2. The molecule has 3 heterocycles. The van der Waals surface area contributed by atoms with Crippen molar-refractivity contribution in [2.75, 3.05) is 18.0 Å². The third kappa shape index (κ3) is 3.78. The number of carbonyl (C=O) groups excluding carboxylic acids is 1. The Morgan fingerprint density at radius 3 is 2.70 bits per heavy atom. The number of aryl methyl sites for hydroxylation is 1. The van der Waals surface area contributed by atoms with E-state index >= 15 is 0 Å². The van der Waals surface area contributed by atoms with Gasteiger partial charge in [-0.25, -0.2) is 9.18 Å². The summed E-state index contributed by atoms with van der Waals surface area (Å²) in [5, 5.41) is 23.6. The highest BCUT2D eigenvalue weighted by Gasteiger charge is 2.29. The third-order valence-electron chi connectivity index (χ3n) is 5.21. The number of anilines is 1. The number of Topliss-reactive ketones (excluding diaryl/α,β-unsaturated/α-hetero) is 1. The molecule has 0 saturated carbocycles. The second-order valence-electron chi connectivity index (χ2n) is 7.02. The SMILES string of the molecule is CCc1ccc(F)cc1C(=O)C1CCN(c2cc(-c3nnn(C(=O)O)n3)on2)CC1. The van der Waals surface area contributed by atoms with Gasteiger partial charge in [0.05, 0.1) is 0 Å². The van der Waals surface area contributed by atoms with Crippen molar-refractivity contribution in [3.8, 4) is 11.6 Å². The molecule has 2 aromatic heterocycles. The Bertz CT molecular complexity index is 1090. The Hall–Kier alpha value is -3.63. The van der Waals surface area contributed by atoms with Gasteiger partial charge in [-0.1, -0.05) is 22.9 Å². The van der Waals surface area contributed by atoms with Crippen LogP contribution in [0.5, 0.6) is 0 Å². The molecule has 1 aliphatic heterocycles. The lowest BCUT2D eigenvalue weighted by Gasteiger charge is -2.31. The van der Waals surface area contributed by atoms with Crippen molar-refractivity contribution in [3.63, 3.8) is 0 Å². The number of piperidine rings is 1. The summed E-state index contributed by atoms with van der Waals surface area (Å²) in [6.45, 7) is 3.10. The van der Waals surface area contributed by atoms with E-state index in [1.54, 1.807) is 12.1 Å². The first kappa shape index (κ1) is 19.7. The smallest absolute Gasteiger partial charge is 0.451 e. The molecule has 1 saturated heterocycles. The average Bonchev–Trinajstić information content (AvgIpc) is 3.43. The molecule has 1 N–H and O–H groups in total. The van der Waals surface area contributed by atoms with Crippen LogP contribution in [0.25, 0.3) is 11.6 Å². The molecule has 156 valence electrons.